The first-order chi connectivity index (χ1) is 9.29. The fourth-order valence-corrected chi connectivity index (χ4v) is 1.51. The molecule has 0 bridgehead atoms. The molecule has 19 heavy (non-hydrogen) atoms. The summed E-state index contributed by atoms with van der Waals surface area (Å²) < 4.78 is 5.01. The number of phenols is 1. The highest BCUT2D eigenvalue weighted by atomic mass is 16.5. The van der Waals surface area contributed by atoms with Gasteiger partial charge < -0.3 is 9.84 Å². The minimum atomic E-state index is 0.104. The molecule has 1 N–H and O–H groups in total. The second-order valence-corrected chi connectivity index (χ2v) is 3.83. The highest BCUT2D eigenvalue weighted by molar-refractivity contribution is 5.83. The smallest absolute Gasteiger partial charge is 0.161 e. The number of hydrogen-bond donors (Lipinski definition) is 1. The number of ether oxygens (including phenoxy) is 1. The third-order valence-corrected chi connectivity index (χ3v) is 2.48. The van der Waals surface area contributed by atoms with Crippen molar-refractivity contribution in [3.63, 3.8) is 0 Å². The molecule has 0 saturated carbocycles. The van der Waals surface area contributed by atoms with Gasteiger partial charge in [-0.1, -0.05) is 30.3 Å². The number of phenolic OH excluding ortho intramolecular Hbond substituents is 1. The molecule has 96 valence electrons. The SMILES string of the molecule is COc1cc(/C=N/N=C/c2ccccc2)ccc1O. The number of benzene rings is 2. The molecule has 0 aliphatic heterocycles. The average molecular weight is 254 g/mol. The number of rotatable bonds is 4. The van der Waals surface area contributed by atoms with E-state index in [1.165, 1.54) is 7.11 Å². The van der Waals surface area contributed by atoms with Crippen LogP contribution in [0.25, 0.3) is 0 Å². The molecule has 0 atom stereocenters. The maximum atomic E-state index is 9.46. The normalized spacial score (nSPS) is 11.2. The van der Waals surface area contributed by atoms with E-state index in [1.807, 2.05) is 30.3 Å². The Labute approximate surface area is 111 Å². The van der Waals surface area contributed by atoms with Gasteiger partial charge in [0.25, 0.3) is 0 Å². The molecule has 0 radical (unpaired) electrons. The third-order valence-electron chi connectivity index (χ3n) is 2.48. The zero-order valence-corrected chi connectivity index (χ0v) is 10.5. The van der Waals surface area contributed by atoms with Crippen LogP contribution in [-0.4, -0.2) is 24.6 Å². The molecular formula is C15H14N2O2. The first kappa shape index (κ1) is 12.8. The molecule has 0 heterocycles. The number of nitrogens with zero attached hydrogens (tertiary/aromatic N) is 2. The van der Waals surface area contributed by atoms with Crippen LogP contribution in [0.2, 0.25) is 0 Å². The maximum Gasteiger partial charge on any atom is 0.161 e. The number of aromatic hydroxyl groups is 1. The molecule has 2 aromatic carbocycles. The first-order valence-corrected chi connectivity index (χ1v) is 5.78. The van der Waals surface area contributed by atoms with Crippen LogP contribution >= 0.6 is 0 Å². The van der Waals surface area contributed by atoms with Crippen LogP contribution in [-0.2, 0) is 0 Å². The molecule has 0 aliphatic carbocycles. The fraction of sp³-hybridized carbons (Fsp3) is 0.0667. The summed E-state index contributed by atoms with van der Waals surface area (Å²) in [6.45, 7) is 0. The molecule has 4 heteroatoms. The molecule has 0 spiro atoms. The molecule has 0 aliphatic rings. The molecule has 0 aromatic heterocycles. The quantitative estimate of drug-likeness (QED) is 0.673. The van der Waals surface area contributed by atoms with E-state index < -0.39 is 0 Å². The lowest BCUT2D eigenvalue weighted by Crippen LogP contribution is -1.87. The monoisotopic (exact) mass is 254 g/mol. The van der Waals surface area contributed by atoms with Crippen molar-refractivity contribution in [1.82, 2.24) is 0 Å². The van der Waals surface area contributed by atoms with Gasteiger partial charge in [-0.3, -0.25) is 0 Å². The fourth-order valence-electron chi connectivity index (χ4n) is 1.51. The van der Waals surface area contributed by atoms with E-state index in [-0.39, 0.29) is 5.75 Å². The van der Waals surface area contributed by atoms with Crippen LogP contribution in [0.3, 0.4) is 0 Å². The van der Waals surface area contributed by atoms with E-state index in [4.69, 9.17) is 4.74 Å². The third kappa shape index (κ3) is 3.67. The Morgan fingerprint density at radius 3 is 2.32 bits per heavy atom. The van der Waals surface area contributed by atoms with Crippen LogP contribution in [0.5, 0.6) is 11.5 Å². The van der Waals surface area contributed by atoms with Gasteiger partial charge in [0, 0.05) is 0 Å². The van der Waals surface area contributed by atoms with Crippen molar-refractivity contribution in [3.05, 3.63) is 59.7 Å². The maximum absolute atomic E-state index is 9.46. The van der Waals surface area contributed by atoms with Gasteiger partial charge in [-0.2, -0.15) is 10.2 Å². The lowest BCUT2D eigenvalue weighted by Gasteiger charge is -2.02. The summed E-state index contributed by atoms with van der Waals surface area (Å²) in [6, 6.07) is 14.7. The predicted molar refractivity (Wildman–Crippen MR) is 76.3 cm³/mol. The van der Waals surface area contributed by atoms with Crippen molar-refractivity contribution in [1.29, 1.82) is 0 Å². The average Bonchev–Trinajstić information content (AvgIpc) is 2.46. The Balaban J connectivity index is 2.05. The van der Waals surface area contributed by atoms with Crippen molar-refractivity contribution in [3.8, 4) is 11.5 Å². The molecule has 2 rings (SSSR count). The van der Waals surface area contributed by atoms with Gasteiger partial charge in [0.1, 0.15) is 0 Å². The minimum Gasteiger partial charge on any atom is -0.504 e. The van der Waals surface area contributed by atoms with E-state index in [9.17, 15) is 5.11 Å². The van der Waals surface area contributed by atoms with E-state index in [2.05, 4.69) is 10.2 Å². The summed E-state index contributed by atoms with van der Waals surface area (Å²) in [7, 11) is 1.50. The zero-order valence-electron chi connectivity index (χ0n) is 10.5. The topological polar surface area (TPSA) is 54.2 Å². The van der Waals surface area contributed by atoms with E-state index in [0.29, 0.717) is 5.75 Å². The number of hydrogen-bond acceptors (Lipinski definition) is 4. The lowest BCUT2D eigenvalue weighted by atomic mass is 10.2. The van der Waals surface area contributed by atoms with Crippen molar-refractivity contribution < 1.29 is 9.84 Å². The van der Waals surface area contributed by atoms with E-state index in [0.717, 1.165) is 11.1 Å². The Morgan fingerprint density at radius 1 is 0.947 bits per heavy atom. The summed E-state index contributed by atoms with van der Waals surface area (Å²) in [5.41, 5.74) is 1.79. The summed E-state index contributed by atoms with van der Waals surface area (Å²) in [5, 5.41) is 17.4. The lowest BCUT2D eigenvalue weighted by molar-refractivity contribution is 0.373. The van der Waals surface area contributed by atoms with Crippen LogP contribution < -0.4 is 4.74 Å². The zero-order chi connectivity index (χ0) is 13.5. The van der Waals surface area contributed by atoms with Crippen molar-refractivity contribution in [2.75, 3.05) is 7.11 Å². The van der Waals surface area contributed by atoms with Crippen molar-refractivity contribution in [2.45, 2.75) is 0 Å². The Hall–Kier alpha value is -2.62. The molecular weight excluding hydrogens is 240 g/mol. The largest absolute Gasteiger partial charge is 0.504 e. The molecule has 2 aromatic rings. The van der Waals surface area contributed by atoms with Gasteiger partial charge in [-0.25, -0.2) is 0 Å². The minimum absolute atomic E-state index is 0.104. The molecule has 4 nitrogen and oxygen atoms in total. The molecule has 0 amide bonds. The Bertz CT molecular complexity index is 592. The summed E-state index contributed by atoms with van der Waals surface area (Å²) in [4.78, 5) is 0. The summed E-state index contributed by atoms with van der Waals surface area (Å²) >= 11 is 0. The van der Waals surface area contributed by atoms with E-state index in [1.54, 1.807) is 30.6 Å². The highest BCUT2D eigenvalue weighted by Crippen LogP contribution is 2.25. The van der Waals surface area contributed by atoms with Crippen LogP contribution in [0, 0.1) is 0 Å². The van der Waals surface area contributed by atoms with Gasteiger partial charge in [0.15, 0.2) is 11.5 Å². The van der Waals surface area contributed by atoms with Crippen LogP contribution in [0.4, 0.5) is 0 Å². The van der Waals surface area contributed by atoms with Gasteiger partial charge >= 0.3 is 0 Å². The molecule has 0 fully saturated rings. The predicted octanol–water partition coefficient (Wildman–Crippen LogP) is 2.85. The van der Waals surface area contributed by atoms with Gasteiger partial charge in [0.2, 0.25) is 0 Å². The second-order valence-electron chi connectivity index (χ2n) is 3.83. The van der Waals surface area contributed by atoms with Crippen molar-refractivity contribution >= 4 is 12.4 Å². The number of methoxy groups -OCH3 is 1. The van der Waals surface area contributed by atoms with Gasteiger partial charge in [0.05, 0.1) is 19.5 Å². The van der Waals surface area contributed by atoms with Gasteiger partial charge in [-0.05, 0) is 29.3 Å². The second kappa shape index (κ2) is 6.35. The van der Waals surface area contributed by atoms with E-state index >= 15 is 0 Å². The van der Waals surface area contributed by atoms with Crippen LogP contribution in [0.15, 0.2) is 58.7 Å². The summed E-state index contributed by atoms with van der Waals surface area (Å²) in [6.07, 6.45) is 3.27. The standard InChI is InChI=1S/C15H14N2O2/c1-19-15-9-13(7-8-14(15)18)11-17-16-10-12-5-3-2-4-6-12/h2-11,18H,1H3/b16-10+,17-11+. The van der Waals surface area contributed by atoms with Gasteiger partial charge in [-0.15, -0.1) is 0 Å². The first-order valence-electron chi connectivity index (χ1n) is 5.78. The molecule has 0 unspecified atom stereocenters. The van der Waals surface area contributed by atoms with Crippen LogP contribution in [0.1, 0.15) is 11.1 Å². The Kier molecular flexibility index (Phi) is 4.29. The highest BCUT2D eigenvalue weighted by Gasteiger charge is 2.00. The summed E-state index contributed by atoms with van der Waals surface area (Å²) in [5.74, 6) is 0.517. The molecule has 0 saturated heterocycles. The van der Waals surface area contributed by atoms with Crippen molar-refractivity contribution in [2.24, 2.45) is 10.2 Å². The Morgan fingerprint density at radius 2 is 1.63 bits per heavy atom.